The molecule has 32 heavy (non-hydrogen) atoms. The fourth-order valence-corrected chi connectivity index (χ4v) is 5.90. The minimum atomic E-state index is -4.05. The number of anilines is 1. The van der Waals surface area contributed by atoms with Crippen LogP contribution in [0.4, 0.5) is 10.1 Å². The highest BCUT2D eigenvalue weighted by Crippen LogP contribution is 2.27. The Hall–Kier alpha value is -2.78. The minimum absolute atomic E-state index is 0.107. The van der Waals surface area contributed by atoms with Crippen LogP contribution in [0, 0.1) is 12.7 Å². The van der Waals surface area contributed by atoms with Crippen LogP contribution in [0.2, 0.25) is 0 Å². The van der Waals surface area contributed by atoms with E-state index in [1.54, 1.807) is 24.3 Å². The van der Waals surface area contributed by atoms with Crippen molar-refractivity contribution in [3.8, 4) is 0 Å². The van der Waals surface area contributed by atoms with E-state index in [2.05, 4.69) is 15.0 Å². The molecule has 0 atom stereocenters. The lowest BCUT2D eigenvalue weighted by Gasteiger charge is -2.12. The van der Waals surface area contributed by atoms with Crippen LogP contribution in [0.15, 0.2) is 47.4 Å². The third kappa shape index (κ3) is 4.99. The summed E-state index contributed by atoms with van der Waals surface area (Å²) in [6.07, 6.45) is 5.13. The van der Waals surface area contributed by atoms with Gasteiger partial charge in [0.05, 0.1) is 21.3 Å². The Kier molecular flexibility index (Phi) is 6.57. The quantitative estimate of drug-likeness (QED) is 0.537. The van der Waals surface area contributed by atoms with Gasteiger partial charge in [0.25, 0.3) is 15.9 Å². The molecule has 0 unspecified atom stereocenters. The van der Waals surface area contributed by atoms with E-state index in [9.17, 15) is 17.6 Å². The van der Waals surface area contributed by atoms with Crippen molar-refractivity contribution in [2.75, 3.05) is 11.3 Å². The SMILES string of the molecule is Cc1ccc(S(=O)(=O)Nc2ccccc2F)cc1C(=O)NCCc1nc2c(s1)CCCC2. The lowest BCUT2D eigenvalue weighted by molar-refractivity contribution is 0.0953. The molecule has 1 heterocycles. The molecule has 2 aromatic carbocycles. The van der Waals surface area contributed by atoms with Gasteiger partial charge in [0, 0.05) is 23.4 Å². The number of rotatable bonds is 7. The number of aromatic nitrogens is 1. The number of benzene rings is 2. The Bertz CT molecular complexity index is 1230. The number of thiazole rings is 1. The topological polar surface area (TPSA) is 88.2 Å². The highest BCUT2D eigenvalue weighted by atomic mass is 32.2. The summed E-state index contributed by atoms with van der Waals surface area (Å²) in [5.41, 5.74) is 1.96. The van der Waals surface area contributed by atoms with Crippen molar-refractivity contribution in [3.63, 3.8) is 0 Å². The predicted octanol–water partition coefficient (Wildman–Crippen LogP) is 4.24. The van der Waals surface area contributed by atoms with Gasteiger partial charge in [0.1, 0.15) is 5.82 Å². The number of aryl methyl sites for hydroxylation is 3. The van der Waals surface area contributed by atoms with Gasteiger partial charge >= 0.3 is 0 Å². The van der Waals surface area contributed by atoms with Gasteiger partial charge in [-0.15, -0.1) is 11.3 Å². The molecule has 0 bridgehead atoms. The number of hydrogen-bond acceptors (Lipinski definition) is 5. The fourth-order valence-electron chi connectivity index (χ4n) is 3.65. The average molecular weight is 474 g/mol. The summed E-state index contributed by atoms with van der Waals surface area (Å²) in [7, 11) is -4.05. The maximum atomic E-state index is 13.9. The summed E-state index contributed by atoms with van der Waals surface area (Å²) >= 11 is 1.71. The van der Waals surface area contributed by atoms with Crippen LogP contribution in [-0.4, -0.2) is 25.9 Å². The molecule has 0 radical (unpaired) electrons. The van der Waals surface area contributed by atoms with Crippen molar-refractivity contribution in [1.82, 2.24) is 10.3 Å². The van der Waals surface area contributed by atoms with Gasteiger partial charge in [-0.25, -0.2) is 17.8 Å². The summed E-state index contributed by atoms with van der Waals surface area (Å²) in [5.74, 6) is -1.03. The molecule has 3 aromatic rings. The zero-order valence-corrected chi connectivity index (χ0v) is 19.3. The number of nitrogens with zero attached hydrogens (tertiary/aromatic N) is 1. The monoisotopic (exact) mass is 473 g/mol. The Labute approximate surface area is 191 Å². The van der Waals surface area contributed by atoms with Gasteiger partial charge in [0.2, 0.25) is 0 Å². The van der Waals surface area contributed by atoms with Gasteiger partial charge in [-0.05, 0) is 62.4 Å². The van der Waals surface area contributed by atoms with E-state index in [-0.39, 0.29) is 22.1 Å². The summed E-state index contributed by atoms with van der Waals surface area (Å²) < 4.78 is 41.5. The first-order chi connectivity index (χ1) is 15.3. The first kappa shape index (κ1) is 22.4. The molecule has 2 N–H and O–H groups in total. The molecule has 1 aliphatic rings. The number of sulfonamides is 1. The standard InChI is InChI=1S/C23H24FN3O3S2/c1-15-10-11-16(32(29,30)27-19-7-3-2-6-18(19)24)14-17(15)23(28)25-13-12-22-26-20-8-4-5-9-21(20)31-22/h2-3,6-7,10-11,14,27H,4-5,8-9,12-13H2,1H3,(H,25,28). The lowest BCUT2D eigenvalue weighted by Crippen LogP contribution is -2.27. The molecular formula is C23H24FN3O3S2. The molecule has 6 nitrogen and oxygen atoms in total. The van der Waals surface area contributed by atoms with Gasteiger partial charge < -0.3 is 5.32 Å². The largest absolute Gasteiger partial charge is 0.352 e. The van der Waals surface area contributed by atoms with E-state index in [4.69, 9.17) is 0 Å². The number of amides is 1. The molecule has 0 saturated heterocycles. The van der Waals surface area contributed by atoms with E-state index >= 15 is 0 Å². The molecule has 0 aliphatic heterocycles. The van der Waals surface area contributed by atoms with Crippen LogP contribution in [0.1, 0.15) is 44.3 Å². The predicted molar refractivity (Wildman–Crippen MR) is 123 cm³/mol. The Morgan fingerprint density at radius 1 is 1.16 bits per heavy atom. The van der Waals surface area contributed by atoms with Crippen LogP contribution in [0.3, 0.4) is 0 Å². The highest BCUT2D eigenvalue weighted by Gasteiger charge is 2.20. The fraction of sp³-hybridized carbons (Fsp3) is 0.304. The number of carbonyl (C=O) groups excluding carboxylic acids is 1. The number of carbonyl (C=O) groups is 1. The Morgan fingerprint density at radius 2 is 1.94 bits per heavy atom. The van der Waals surface area contributed by atoms with E-state index in [0.29, 0.717) is 18.5 Å². The Morgan fingerprint density at radius 3 is 2.72 bits per heavy atom. The number of para-hydroxylation sites is 1. The van der Waals surface area contributed by atoms with Crippen LogP contribution < -0.4 is 10.0 Å². The summed E-state index contributed by atoms with van der Waals surface area (Å²) in [4.78, 5) is 18.7. The highest BCUT2D eigenvalue weighted by molar-refractivity contribution is 7.92. The molecule has 1 aliphatic carbocycles. The summed E-state index contributed by atoms with van der Waals surface area (Å²) in [6.45, 7) is 2.15. The first-order valence-corrected chi connectivity index (χ1v) is 12.8. The zero-order chi connectivity index (χ0) is 22.7. The van der Waals surface area contributed by atoms with Crippen molar-refractivity contribution in [2.45, 2.75) is 43.9 Å². The van der Waals surface area contributed by atoms with Crippen molar-refractivity contribution < 1.29 is 17.6 Å². The number of halogens is 1. The molecule has 9 heteroatoms. The molecule has 1 aromatic heterocycles. The normalized spacial score (nSPS) is 13.4. The van der Waals surface area contributed by atoms with Crippen LogP contribution in [-0.2, 0) is 29.3 Å². The van der Waals surface area contributed by atoms with Crippen LogP contribution in [0.5, 0.6) is 0 Å². The average Bonchev–Trinajstić information content (AvgIpc) is 3.18. The molecule has 0 fully saturated rings. The number of hydrogen-bond donors (Lipinski definition) is 2. The van der Waals surface area contributed by atoms with Gasteiger partial charge in [0.15, 0.2) is 0 Å². The van der Waals surface area contributed by atoms with Crippen molar-refractivity contribution >= 4 is 33.0 Å². The van der Waals surface area contributed by atoms with Gasteiger partial charge in [-0.2, -0.15) is 0 Å². The number of fused-ring (bicyclic) bond motifs is 1. The van der Waals surface area contributed by atoms with Gasteiger partial charge in [-0.3, -0.25) is 9.52 Å². The summed E-state index contributed by atoms with van der Waals surface area (Å²) in [5, 5.41) is 3.87. The van der Waals surface area contributed by atoms with Crippen LogP contribution in [0.25, 0.3) is 0 Å². The smallest absolute Gasteiger partial charge is 0.262 e. The second kappa shape index (κ2) is 9.38. The summed E-state index contributed by atoms with van der Waals surface area (Å²) in [6, 6.07) is 9.80. The molecule has 0 saturated carbocycles. The second-order valence-electron chi connectivity index (χ2n) is 7.75. The number of nitrogens with one attached hydrogen (secondary N) is 2. The van der Waals surface area contributed by atoms with Crippen LogP contribution >= 0.6 is 11.3 Å². The third-order valence-corrected chi connectivity index (χ3v) is 7.98. The van der Waals surface area contributed by atoms with E-state index in [1.165, 1.54) is 59.8 Å². The van der Waals surface area contributed by atoms with E-state index in [1.807, 2.05) is 0 Å². The molecule has 0 spiro atoms. The third-order valence-electron chi connectivity index (χ3n) is 5.40. The molecular weight excluding hydrogens is 449 g/mol. The molecule has 1 amide bonds. The maximum Gasteiger partial charge on any atom is 0.262 e. The van der Waals surface area contributed by atoms with E-state index < -0.39 is 15.8 Å². The van der Waals surface area contributed by atoms with Gasteiger partial charge in [-0.1, -0.05) is 18.2 Å². The second-order valence-corrected chi connectivity index (χ2v) is 10.6. The van der Waals surface area contributed by atoms with E-state index in [0.717, 1.165) is 17.8 Å². The minimum Gasteiger partial charge on any atom is -0.352 e. The molecule has 4 rings (SSSR count). The maximum absolute atomic E-state index is 13.9. The Balaban J connectivity index is 1.44. The van der Waals surface area contributed by atoms with Crippen molar-refractivity contribution in [2.24, 2.45) is 0 Å². The first-order valence-electron chi connectivity index (χ1n) is 10.5. The molecule has 168 valence electrons. The van der Waals surface area contributed by atoms with Crippen molar-refractivity contribution in [1.29, 1.82) is 0 Å². The zero-order valence-electron chi connectivity index (χ0n) is 17.7. The lowest BCUT2D eigenvalue weighted by atomic mass is 10.0. The van der Waals surface area contributed by atoms with Crippen molar-refractivity contribution in [3.05, 3.63) is 75.0 Å².